The third-order valence-corrected chi connectivity index (χ3v) is 5.70. The van der Waals surface area contributed by atoms with E-state index in [-0.39, 0.29) is 18.6 Å². The number of aromatic hydroxyl groups is 1. The standard InChI is InChI=1S/C22H33N5O8S/c1-11(28)18(21(33)25-15(22(34)35)7-8-36-2)27-20(32)16(10-17(24)30)26-19(31)14(23)9-12-3-5-13(29)6-4-12/h3-6,11,14-16,18,28-29H,7-10,23H2,1-2H3,(H2,24,30)(H,25,33)(H,26,31)(H,27,32)(H,34,35). The molecule has 1 rings (SSSR count). The van der Waals surface area contributed by atoms with E-state index in [2.05, 4.69) is 16.0 Å². The lowest BCUT2D eigenvalue weighted by molar-refractivity contribution is -0.143. The number of aliphatic hydroxyl groups excluding tert-OH is 1. The van der Waals surface area contributed by atoms with Crippen LogP contribution >= 0.6 is 11.8 Å². The smallest absolute Gasteiger partial charge is 0.326 e. The van der Waals surface area contributed by atoms with Gasteiger partial charge in [0.05, 0.1) is 18.6 Å². The molecule has 0 aliphatic heterocycles. The molecule has 0 aliphatic carbocycles. The van der Waals surface area contributed by atoms with E-state index in [1.165, 1.54) is 30.8 Å². The second-order valence-electron chi connectivity index (χ2n) is 8.12. The van der Waals surface area contributed by atoms with Crippen LogP contribution in [0.15, 0.2) is 24.3 Å². The highest BCUT2D eigenvalue weighted by atomic mass is 32.2. The number of aliphatic carboxylic acids is 1. The van der Waals surface area contributed by atoms with Crippen LogP contribution in [0.3, 0.4) is 0 Å². The van der Waals surface area contributed by atoms with Crippen LogP contribution in [0.4, 0.5) is 0 Å². The van der Waals surface area contributed by atoms with E-state index in [4.69, 9.17) is 11.5 Å². The van der Waals surface area contributed by atoms with Gasteiger partial charge in [-0.2, -0.15) is 11.8 Å². The van der Waals surface area contributed by atoms with Crippen LogP contribution in [0.2, 0.25) is 0 Å². The van der Waals surface area contributed by atoms with E-state index in [9.17, 15) is 39.3 Å². The van der Waals surface area contributed by atoms with Gasteiger partial charge >= 0.3 is 5.97 Å². The number of phenols is 1. The molecule has 5 unspecified atom stereocenters. The maximum Gasteiger partial charge on any atom is 0.326 e. The Labute approximate surface area is 212 Å². The van der Waals surface area contributed by atoms with Gasteiger partial charge in [-0.3, -0.25) is 19.2 Å². The predicted octanol–water partition coefficient (Wildman–Crippen LogP) is -2.19. The molecule has 0 saturated heterocycles. The second-order valence-corrected chi connectivity index (χ2v) is 9.10. The molecule has 0 heterocycles. The average molecular weight is 528 g/mol. The number of thioether (sulfide) groups is 1. The lowest BCUT2D eigenvalue weighted by atomic mass is 10.0. The van der Waals surface area contributed by atoms with Crippen LogP contribution < -0.4 is 27.4 Å². The summed E-state index contributed by atoms with van der Waals surface area (Å²) in [5, 5.41) is 35.5. The number of nitrogens with one attached hydrogen (secondary N) is 3. The number of primary amides is 1. The summed E-state index contributed by atoms with van der Waals surface area (Å²) < 4.78 is 0. The number of aliphatic hydroxyl groups is 1. The fourth-order valence-corrected chi connectivity index (χ4v) is 3.55. The number of hydrogen-bond donors (Lipinski definition) is 8. The van der Waals surface area contributed by atoms with Gasteiger partial charge in [-0.1, -0.05) is 12.1 Å². The quantitative estimate of drug-likeness (QED) is 0.123. The summed E-state index contributed by atoms with van der Waals surface area (Å²) in [5.74, 6) is -4.48. The molecule has 0 radical (unpaired) electrons. The first-order chi connectivity index (χ1) is 16.8. The summed E-state index contributed by atoms with van der Waals surface area (Å²) in [5.41, 5.74) is 11.7. The number of hydrogen-bond acceptors (Lipinski definition) is 9. The lowest BCUT2D eigenvalue weighted by Gasteiger charge is -2.26. The van der Waals surface area contributed by atoms with Crippen molar-refractivity contribution in [3.63, 3.8) is 0 Å². The molecule has 1 aromatic rings. The molecule has 10 N–H and O–H groups in total. The summed E-state index contributed by atoms with van der Waals surface area (Å²) >= 11 is 1.38. The third-order valence-electron chi connectivity index (χ3n) is 5.05. The van der Waals surface area contributed by atoms with E-state index in [0.29, 0.717) is 11.3 Å². The maximum absolute atomic E-state index is 12.8. The van der Waals surface area contributed by atoms with Gasteiger partial charge in [0.1, 0.15) is 23.9 Å². The number of benzene rings is 1. The molecular weight excluding hydrogens is 494 g/mol. The Morgan fingerprint density at radius 1 is 0.972 bits per heavy atom. The Kier molecular flexibility index (Phi) is 12.7. The van der Waals surface area contributed by atoms with E-state index in [0.717, 1.165) is 0 Å². The van der Waals surface area contributed by atoms with Crippen molar-refractivity contribution in [1.29, 1.82) is 0 Å². The van der Waals surface area contributed by atoms with Gasteiger partial charge in [-0.05, 0) is 49.5 Å². The molecule has 0 aliphatic rings. The Morgan fingerprint density at radius 3 is 2.06 bits per heavy atom. The highest BCUT2D eigenvalue weighted by molar-refractivity contribution is 7.98. The molecule has 0 spiro atoms. The normalized spacial score (nSPS) is 15.0. The van der Waals surface area contributed by atoms with Gasteiger partial charge in [0, 0.05) is 0 Å². The molecule has 4 amide bonds. The molecule has 36 heavy (non-hydrogen) atoms. The first kappa shape index (κ1) is 30.7. The van der Waals surface area contributed by atoms with Crippen molar-refractivity contribution in [2.24, 2.45) is 11.5 Å². The molecule has 5 atom stereocenters. The van der Waals surface area contributed by atoms with Crippen molar-refractivity contribution in [3.05, 3.63) is 29.8 Å². The second kappa shape index (κ2) is 14.9. The number of carboxylic acid groups (broad SMARTS) is 1. The molecule has 0 saturated carbocycles. The third kappa shape index (κ3) is 10.5. The van der Waals surface area contributed by atoms with Crippen LogP contribution in [-0.2, 0) is 30.4 Å². The topological polar surface area (TPSA) is 234 Å². The van der Waals surface area contributed by atoms with E-state index >= 15 is 0 Å². The highest BCUT2D eigenvalue weighted by Gasteiger charge is 2.33. The SMILES string of the molecule is CSCCC(NC(=O)C(NC(=O)C(CC(N)=O)NC(=O)C(N)Cc1ccc(O)cc1)C(C)O)C(=O)O. The van der Waals surface area contributed by atoms with Crippen molar-refractivity contribution >= 4 is 41.4 Å². The van der Waals surface area contributed by atoms with Crippen molar-refractivity contribution in [2.45, 2.75) is 56.5 Å². The Hall–Kier alpha value is -3.36. The Bertz CT molecular complexity index is 928. The van der Waals surface area contributed by atoms with Gasteiger partial charge < -0.3 is 42.7 Å². The van der Waals surface area contributed by atoms with Gasteiger partial charge in [0.15, 0.2) is 0 Å². The fraction of sp³-hybridized carbons (Fsp3) is 0.500. The minimum Gasteiger partial charge on any atom is -0.508 e. The number of carbonyl (C=O) groups excluding carboxylic acids is 4. The summed E-state index contributed by atoms with van der Waals surface area (Å²) in [6, 6.07) is 0.495. The summed E-state index contributed by atoms with van der Waals surface area (Å²) in [6.07, 6.45) is -0.123. The van der Waals surface area contributed by atoms with Gasteiger partial charge in [-0.15, -0.1) is 0 Å². The number of nitrogens with two attached hydrogens (primary N) is 2. The van der Waals surface area contributed by atoms with Gasteiger partial charge in [0.2, 0.25) is 23.6 Å². The van der Waals surface area contributed by atoms with Crippen LogP contribution in [-0.4, -0.2) is 87.2 Å². The van der Waals surface area contributed by atoms with Gasteiger partial charge in [0.25, 0.3) is 0 Å². The van der Waals surface area contributed by atoms with Crippen LogP contribution in [0.1, 0.15) is 25.3 Å². The molecule has 200 valence electrons. The molecule has 0 bridgehead atoms. The summed E-state index contributed by atoms with van der Waals surface area (Å²) in [4.78, 5) is 61.0. The lowest BCUT2D eigenvalue weighted by Crippen LogP contribution is -2.60. The molecular formula is C22H33N5O8S. The average Bonchev–Trinajstić information content (AvgIpc) is 2.79. The molecule has 1 aromatic carbocycles. The van der Waals surface area contributed by atoms with Crippen molar-refractivity contribution in [3.8, 4) is 5.75 Å². The van der Waals surface area contributed by atoms with Crippen LogP contribution in [0, 0.1) is 0 Å². The van der Waals surface area contributed by atoms with Crippen LogP contribution in [0.25, 0.3) is 0 Å². The van der Waals surface area contributed by atoms with Crippen LogP contribution in [0.5, 0.6) is 5.75 Å². The monoisotopic (exact) mass is 527 g/mol. The highest BCUT2D eigenvalue weighted by Crippen LogP contribution is 2.11. The number of rotatable bonds is 15. The fourth-order valence-electron chi connectivity index (χ4n) is 3.08. The van der Waals surface area contributed by atoms with Gasteiger partial charge in [-0.25, -0.2) is 4.79 Å². The van der Waals surface area contributed by atoms with E-state index in [1.54, 1.807) is 18.4 Å². The van der Waals surface area contributed by atoms with Crippen molar-refractivity contribution in [1.82, 2.24) is 16.0 Å². The maximum atomic E-state index is 12.8. The minimum atomic E-state index is -1.58. The zero-order valence-electron chi connectivity index (χ0n) is 20.0. The predicted molar refractivity (Wildman–Crippen MR) is 132 cm³/mol. The number of carboxylic acids is 1. The van der Waals surface area contributed by atoms with E-state index in [1.807, 2.05) is 0 Å². The zero-order chi connectivity index (χ0) is 27.4. The summed E-state index contributed by atoms with van der Waals surface area (Å²) in [6.45, 7) is 1.21. The minimum absolute atomic E-state index is 0.0330. The Balaban J connectivity index is 2.92. The molecule has 0 aromatic heterocycles. The zero-order valence-corrected chi connectivity index (χ0v) is 20.8. The first-order valence-corrected chi connectivity index (χ1v) is 12.4. The van der Waals surface area contributed by atoms with Crippen molar-refractivity contribution in [2.75, 3.05) is 12.0 Å². The molecule has 14 heteroatoms. The van der Waals surface area contributed by atoms with E-state index < -0.39 is 66.3 Å². The summed E-state index contributed by atoms with van der Waals surface area (Å²) in [7, 11) is 0. The largest absolute Gasteiger partial charge is 0.508 e. The number of amides is 4. The van der Waals surface area contributed by atoms with Crippen molar-refractivity contribution < 1.29 is 39.3 Å². The Morgan fingerprint density at radius 2 is 1.56 bits per heavy atom. The molecule has 0 fully saturated rings. The number of phenolic OH excluding ortho intramolecular Hbond substituents is 1. The number of carbonyl (C=O) groups is 5. The first-order valence-electron chi connectivity index (χ1n) is 11.0. The molecule has 13 nitrogen and oxygen atoms in total.